The molecule has 5 nitrogen and oxygen atoms in total. The maximum absolute atomic E-state index is 11.2. The van der Waals surface area contributed by atoms with Gasteiger partial charge in [0.1, 0.15) is 17.6 Å². The number of anilines is 1. The minimum atomic E-state index is -0.0257. The van der Waals surface area contributed by atoms with Crippen LogP contribution in [0.4, 0.5) is 5.69 Å². The number of hydrogen-bond donors (Lipinski definition) is 1. The Bertz CT molecular complexity index is 760. The van der Waals surface area contributed by atoms with Crippen LogP contribution in [-0.2, 0) is 4.79 Å². The number of benzene rings is 2. The van der Waals surface area contributed by atoms with E-state index < -0.39 is 0 Å². The van der Waals surface area contributed by atoms with E-state index in [0.717, 1.165) is 36.6 Å². The van der Waals surface area contributed by atoms with E-state index in [9.17, 15) is 4.79 Å². The molecule has 2 aromatic rings. The molecular weight excluding hydrogens is 340 g/mol. The summed E-state index contributed by atoms with van der Waals surface area (Å²) in [5, 5.41) is 2.89. The molecule has 0 aromatic heterocycles. The van der Waals surface area contributed by atoms with Crippen molar-refractivity contribution >= 4 is 11.6 Å². The molecule has 5 heteroatoms. The molecule has 1 amide bonds. The van der Waals surface area contributed by atoms with E-state index in [4.69, 9.17) is 9.47 Å². The molecule has 0 saturated carbocycles. The van der Waals surface area contributed by atoms with Gasteiger partial charge < -0.3 is 19.7 Å². The summed E-state index contributed by atoms with van der Waals surface area (Å²) in [4.78, 5) is 13.5. The quantitative estimate of drug-likeness (QED) is 0.804. The molecule has 1 aliphatic heterocycles. The Labute approximate surface area is 161 Å². The molecular formula is C22H28N2O3. The van der Waals surface area contributed by atoms with Crippen molar-refractivity contribution in [3.05, 3.63) is 54.1 Å². The van der Waals surface area contributed by atoms with Crippen molar-refractivity contribution in [2.75, 3.05) is 24.6 Å². The van der Waals surface area contributed by atoms with E-state index in [0.29, 0.717) is 6.61 Å². The van der Waals surface area contributed by atoms with Gasteiger partial charge in [-0.15, -0.1) is 0 Å². The molecule has 144 valence electrons. The highest BCUT2D eigenvalue weighted by Gasteiger charge is 2.24. The minimum Gasteiger partial charge on any atom is -0.494 e. The van der Waals surface area contributed by atoms with Gasteiger partial charge in [0.05, 0.1) is 19.2 Å². The Balaban J connectivity index is 1.56. The number of carbonyl (C=O) groups is 1. The van der Waals surface area contributed by atoms with Crippen LogP contribution in [-0.4, -0.2) is 31.7 Å². The third kappa shape index (κ3) is 5.16. The van der Waals surface area contributed by atoms with Gasteiger partial charge in [0, 0.05) is 31.6 Å². The third-order valence-corrected chi connectivity index (χ3v) is 4.74. The van der Waals surface area contributed by atoms with Crippen LogP contribution in [0.2, 0.25) is 0 Å². The number of amides is 1. The van der Waals surface area contributed by atoms with Crippen molar-refractivity contribution < 1.29 is 14.3 Å². The van der Waals surface area contributed by atoms with E-state index in [1.165, 1.54) is 12.6 Å². The zero-order chi connectivity index (χ0) is 19.2. The predicted octanol–water partition coefficient (Wildman–Crippen LogP) is 3.94. The number of carbonyl (C=O) groups excluding carboxylic acids is 1. The fourth-order valence-corrected chi connectivity index (χ4v) is 3.41. The molecule has 0 unspecified atom stereocenters. The summed E-state index contributed by atoms with van der Waals surface area (Å²) in [6.07, 6.45) is 1.16. The molecule has 2 aromatic carbocycles. The summed E-state index contributed by atoms with van der Waals surface area (Å²) < 4.78 is 11.8. The monoisotopic (exact) mass is 368 g/mol. The highest BCUT2D eigenvalue weighted by Crippen LogP contribution is 2.27. The van der Waals surface area contributed by atoms with E-state index in [1.54, 1.807) is 0 Å². The van der Waals surface area contributed by atoms with Gasteiger partial charge in [-0.1, -0.05) is 18.2 Å². The van der Waals surface area contributed by atoms with Crippen molar-refractivity contribution in [1.29, 1.82) is 0 Å². The Morgan fingerprint density at radius 1 is 1.22 bits per heavy atom. The van der Waals surface area contributed by atoms with Gasteiger partial charge in [-0.05, 0) is 43.7 Å². The largest absolute Gasteiger partial charge is 0.494 e. The highest BCUT2D eigenvalue weighted by atomic mass is 16.5. The average Bonchev–Trinajstić information content (AvgIpc) is 3.11. The van der Waals surface area contributed by atoms with Crippen LogP contribution in [0.25, 0.3) is 0 Å². The second-order valence-electron chi connectivity index (χ2n) is 6.90. The lowest BCUT2D eigenvalue weighted by Crippen LogP contribution is -2.24. The fraction of sp³-hybridized carbons (Fsp3) is 0.409. The Hall–Kier alpha value is -2.69. The summed E-state index contributed by atoms with van der Waals surface area (Å²) in [5.74, 6) is 1.74. The second kappa shape index (κ2) is 8.80. The zero-order valence-corrected chi connectivity index (χ0v) is 16.3. The lowest BCUT2D eigenvalue weighted by Gasteiger charge is -2.20. The molecule has 1 fully saturated rings. The second-order valence-corrected chi connectivity index (χ2v) is 6.90. The van der Waals surface area contributed by atoms with Crippen molar-refractivity contribution in [3.8, 4) is 11.5 Å². The smallest absolute Gasteiger partial charge is 0.217 e. The molecule has 1 saturated heterocycles. The summed E-state index contributed by atoms with van der Waals surface area (Å²) in [6, 6.07) is 16.2. The fourth-order valence-electron chi connectivity index (χ4n) is 3.41. The van der Waals surface area contributed by atoms with E-state index in [1.807, 2.05) is 50.2 Å². The lowest BCUT2D eigenvalue weighted by atomic mass is 10.1. The van der Waals surface area contributed by atoms with Crippen LogP contribution in [0.1, 0.15) is 38.8 Å². The molecule has 1 heterocycles. The zero-order valence-electron chi connectivity index (χ0n) is 16.3. The number of rotatable bonds is 7. The minimum absolute atomic E-state index is 0.00358. The normalized spacial score (nSPS) is 17.4. The van der Waals surface area contributed by atoms with Crippen molar-refractivity contribution in [2.45, 2.75) is 39.3 Å². The van der Waals surface area contributed by atoms with Gasteiger partial charge in [-0.3, -0.25) is 4.79 Å². The number of nitrogens with one attached hydrogen (secondary N) is 1. The van der Waals surface area contributed by atoms with Crippen LogP contribution in [0.15, 0.2) is 48.5 Å². The van der Waals surface area contributed by atoms with Crippen LogP contribution < -0.4 is 19.7 Å². The predicted molar refractivity (Wildman–Crippen MR) is 108 cm³/mol. The van der Waals surface area contributed by atoms with Crippen molar-refractivity contribution in [3.63, 3.8) is 0 Å². The van der Waals surface area contributed by atoms with E-state index >= 15 is 0 Å². The maximum atomic E-state index is 11.2. The molecule has 27 heavy (non-hydrogen) atoms. The summed E-state index contributed by atoms with van der Waals surface area (Å²) in [5.41, 5.74) is 2.24. The third-order valence-electron chi connectivity index (χ3n) is 4.74. The van der Waals surface area contributed by atoms with Crippen LogP contribution in [0, 0.1) is 0 Å². The first-order valence-corrected chi connectivity index (χ1v) is 9.56. The molecule has 1 aliphatic rings. The number of ether oxygens (including phenoxy) is 2. The first-order valence-electron chi connectivity index (χ1n) is 9.56. The molecule has 3 rings (SSSR count). The topological polar surface area (TPSA) is 50.8 Å². The van der Waals surface area contributed by atoms with Crippen molar-refractivity contribution in [1.82, 2.24) is 5.32 Å². The Morgan fingerprint density at radius 3 is 2.70 bits per heavy atom. The number of hydrogen-bond acceptors (Lipinski definition) is 4. The average molecular weight is 368 g/mol. The van der Waals surface area contributed by atoms with Crippen LogP contribution in [0.3, 0.4) is 0 Å². The Kier molecular flexibility index (Phi) is 6.22. The molecule has 0 aliphatic carbocycles. The molecule has 2 atom stereocenters. The van der Waals surface area contributed by atoms with Gasteiger partial charge in [0.15, 0.2) is 0 Å². The SMILES string of the molecule is CCOc1cccc(N2CC[C@@H](Oc3ccc([C@H](C)NC(C)=O)cc3)C2)c1. The van der Waals surface area contributed by atoms with Gasteiger partial charge in [-0.25, -0.2) is 0 Å². The van der Waals surface area contributed by atoms with Gasteiger partial charge in [0.25, 0.3) is 0 Å². The first kappa shape index (κ1) is 19.1. The molecule has 0 spiro atoms. The summed E-state index contributed by atoms with van der Waals surface area (Å²) in [6.45, 7) is 8.00. The maximum Gasteiger partial charge on any atom is 0.217 e. The lowest BCUT2D eigenvalue weighted by molar-refractivity contribution is -0.119. The highest BCUT2D eigenvalue weighted by molar-refractivity contribution is 5.73. The van der Waals surface area contributed by atoms with Gasteiger partial charge in [-0.2, -0.15) is 0 Å². The molecule has 0 bridgehead atoms. The van der Waals surface area contributed by atoms with Crippen LogP contribution in [0.5, 0.6) is 11.5 Å². The summed E-state index contributed by atoms with van der Waals surface area (Å²) in [7, 11) is 0. The van der Waals surface area contributed by atoms with E-state index in [-0.39, 0.29) is 18.1 Å². The summed E-state index contributed by atoms with van der Waals surface area (Å²) >= 11 is 0. The number of nitrogens with zero attached hydrogens (tertiary/aromatic N) is 1. The molecule has 1 N–H and O–H groups in total. The molecule has 0 radical (unpaired) electrons. The standard InChI is InChI=1S/C22H28N2O3/c1-4-26-21-7-5-6-19(14-21)24-13-12-22(15-24)27-20-10-8-18(9-11-20)16(2)23-17(3)25/h5-11,14,16,22H,4,12-13,15H2,1-3H3,(H,23,25)/t16-,22+/m0/s1. The first-order chi connectivity index (χ1) is 13.0. The van der Waals surface area contributed by atoms with Crippen molar-refractivity contribution in [2.24, 2.45) is 0 Å². The Morgan fingerprint density at radius 2 is 2.00 bits per heavy atom. The van der Waals surface area contributed by atoms with Gasteiger partial charge in [0.2, 0.25) is 5.91 Å². The van der Waals surface area contributed by atoms with Crippen LogP contribution >= 0.6 is 0 Å². The van der Waals surface area contributed by atoms with Gasteiger partial charge >= 0.3 is 0 Å². The van der Waals surface area contributed by atoms with E-state index in [2.05, 4.69) is 22.3 Å².